The summed E-state index contributed by atoms with van der Waals surface area (Å²) in [6.07, 6.45) is 2.97. The minimum atomic E-state index is -0.442. The molecular weight excluding hydrogens is 356 g/mol. The molecule has 2 aromatic rings. The number of rotatable bonds is 7. The molecule has 148 valence electrons. The Morgan fingerprint density at radius 1 is 1.07 bits per heavy atom. The van der Waals surface area contributed by atoms with Crippen LogP contribution in [0.5, 0.6) is 11.5 Å². The van der Waals surface area contributed by atoms with Gasteiger partial charge in [0.05, 0.1) is 7.11 Å². The highest BCUT2D eigenvalue weighted by Crippen LogP contribution is 2.27. The summed E-state index contributed by atoms with van der Waals surface area (Å²) in [5.74, 6) is 0.811. The number of hydrazine groups is 1. The summed E-state index contributed by atoms with van der Waals surface area (Å²) in [4.78, 5) is 23.8. The Kier molecular flexibility index (Phi) is 7.63. The zero-order valence-electron chi connectivity index (χ0n) is 16.6. The van der Waals surface area contributed by atoms with Crippen LogP contribution in [0.4, 0.5) is 0 Å². The fourth-order valence-corrected chi connectivity index (χ4v) is 2.48. The normalized spacial score (nSPS) is 10.8. The first-order valence-electron chi connectivity index (χ1n) is 9.03. The highest BCUT2D eigenvalue weighted by Gasteiger charge is 2.10. The van der Waals surface area contributed by atoms with Crippen molar-refractivity contribution in [3.8, 4) is 11.5 Å². The lowest BCUT2D eigenvalue weighted by Crippen LogP contribution is -2.43. The minimum Gasteiger partial charge on any atom is -0.497 e. The third-order valence-electron chi connectivity index (χ3n) is 4.02. The number of carbonyl (C=O) groups excluding carboxylic acids is 2. The van der Waals surface area contributed by atoms with Crippen molar-refractivity contribution < 1.29 is 19.1 Å². The Morgan fingerprint density at radius 2 is 1.79 bits per heavy atom. The average molecular weight is 382 g/mol. The molecule has 0 heterocycles. The molecule has 0 aromatic heterocycles. The van der Waals surface area contributed by atoms with E-state index in [9.17, 15) is 9.59 Å². The molecule has 0 atom stereocenters. The van der Waals surface area contributed by atoms with E-state index < -0.39 is 11.8 Å². The fraction of sp³-hybridized carbons (Fsp3) is 0.273. The van der Waals surface area contributed by atoms with Gasteiger partial charge in [0.1, 0.15) is 11.5 Å². The van der Waals surface area contributed by atoms with E-state index in [-0.39, 0.29) is 12.5 Å². The summed E-state index contributed by atoms with van der Waals surface area (Å²) in [7, 11) is 1.59. The van der Waals surface area contributed by atoms with E-state index in [2.05, 4.69) is 24.7 Å². The Bertz CT molecular complexity index is 842. The van der Waals surface area contributed by atoms with E-state index in [0.29, 0.717) is 5.75 Å². The molecule has 0 aliphatic carbocycles. The van der Waals surface area contributed by atoms with Crippen molar-refractivity contribution in [1.29, 1.82) is 0 Å². The molecule has 0 radical (unpaired) electrons. The number of carbonyl (C=O) groups is 2. The second-order valence-electron chi connectivity index (χ2n) is 6.63. The zero-order valence-corrected chi connectivity index (χ0v) is 16.6. The summed E-state index contributed by atoms with van der Waals surface area (Å²) in [6.45, 7) is 5.90. The highest BCUT2D eigenvalue weighted by molar-refractivity contribution is 5.93. The monoisotopic (exact) mass is 382 g/mol. The van der Waals surface area contributed by atoms with Crippen LogP contribution in [-0.4, -0.2) is 25.5 Å². The summed E-state index contributed by atoms with van der Waals surface area (Å²) in [5, 5.41) is 0. The topological polar surface area (TPSA) is 76.7 Å². The van der Waals surface area contributed by atoms with Crippen molar-refractivity contribution >= 4 is 17.9 Å². The third-order valence-corrected chi connectivity index (χ3v) is 4.02. The molecule has 0 unspecified atom stereocenters. The van der Waals surface area contributed by atoms with Gasteiger partial charge in [0.2, 0.25) is 0 Å². The van der Waals surface area contributed by atoms with E-state index in [4.69, 9.17) is 9.47 Å². The lowest BCUT2D eigenvalue weighted by atomic mass is 10.0. The SMILES string of the molecule is COc1ccc(C=CC(=O)NNC(=O)COc2cc(C)ccc2C(C)C)cc1. The Morgan fingerprint density at radius 3 is 2.43 bits per heavy atom. The number of hydrogen-bond acceptors (Lipinski definition) is 4. The van der Waals surface area contributed by atoms with E-state index in [1.807, 2.05) is 37.3 Å². The molecule has 0 fully saturated rings. The van der Waals surface area contributed by atoms with Crippen molar-refractivity contribution in [2.24, 2.45) is 0 Å². The highest BCUT2D eigenvalue weighted by atomic mass is 16.5. The minimum absolute atomic E-state index is 0.189. The maximum Gasteiger partial charge on any atom is 0.276 e. The van der Waals surface area contributed by atoms with Crippen LogP contribution < -0.4 is 20.3 Å². The van der Waals surface area contributed by atoms with E-state index in [0.717, 1.165) is 22.4 Å². The van der Waals surface area contributed by atoms with Crippen LogP contribution in [0.25, 0.3) is 6.08 Å². The number of amides is 2. The predicted molar refractivity (Wildman–Crippen MR) is 109 cm³/mol. The van der Waals surface area contributed by atoms with Crippen molar-refractivity contribution in [1.82, 2.24) is 10.9 Å². The molecular formula is C22H26N2O4. The Hall–Kier alpha value is -3.28. The van der Waals surface area contributed by atoms with Crippen LogP contribution in [0.15, 0.2) is 48.5 Å². The summed E-state index contributed by atoms with van der Waals surface area (Å²) >= 11 is 0. The molecule has 6 nitrogen and oxygen atoms in total. The third kappa shape index (κ3) is 6.46. The second kappa shape index (κ2) is 10.2. The van der Waals surface area contributed by atoms with Gasteiger partial charge in [-0.05, 0) is 53.8 Å². The molecule has 6 heteroatoms. The van der Waals surface area contributed by atoms with E-state index in [1.54, 1.807) is 25.3 Å². The van der Waals surface area contributed by atoms with Crippen molar-refractivity contribution in [2.45, 2.75) is 26.7 Å². The van der Waals surface area contributed by atoms with Gasteiger partial charge in [-0.1, -0.05) is 38.1 Å². The van der Waals surface area contributed by atoms with Crippen LogP contribution in [-0.2, 0) is 9.59 Å². The molecule has 2 amide bonds. The smallest absolute Gasteiger partial charge is 0.276 e. The first kappa shape index (κ1) is 21.0. The molecule has 0 saturated heterocycles. The number of ether oxygens (including phenoxy) is 2. The molecule has 0 aliphatic heterocycles. The van der Waals surface area contributed by atoms with Crippen molar-refractivity contribution in [3.05, 3.63) is 65.2 Å². The van der Waals surface area contributed by atoms with Crippen molar-refractivity contribution in [3.63, 3.8) is 0 Å². The lowest BCUT2D eigenvalue weighted by Gasteiger charge is -2.14. The van der Waals surface area contributed by atoms with Gasteiger partial charge in [0.15, 0.2) is 6.61 Å². The summed E-state index contributed by atoms with van der Waals surface area (Å²) in [5.41, 5.74) is 7.59. The van der Waals surface area contributed by atoms with Gasteiger partial charge in [-0.25, -0.2) is 0 Å². The van der Waals surface area contributed by atoms with Gasteiger partial charge in [-0.2, -0.15) is 0 Å². The molecule has 2 rings (SSSR count). The quantitative estimate of drug-likeness (QED) is 0.569. The van der Waals surface area contributed by atoms with Gasteiger partial charge in [-0.15, -0.1) is 0 Å². The standard InChI is InChI=1S/C22H26N2O4/c1-15(2)19-11-5-16(3)13-20(19)28-14-22(26)24-23-21(25)12-8-17-6-9-18(27-4)10-7-17/h5-13,15H,14H2,1-4H3,(H,23,25)(H,24,26). The molecule has 0 aliphatic rings. The molecule has 0 bridgehead atoms. The maximum absolute atomic E-state index is 11.9. The molecule has 28 heavy (non-hydrogen) atoms. The summed E-state index contributed by atoms with van der Waals surface area (Å²) < 4.78 is 10.7. The first-order valence-corrected chi connectivity index (χ1v) is 9.03. The largest absolute Gasteiger partial charge is 0.497 e. The summed E-state index contributed by atoms with van der Waals surface area (Å²) in [6, 6.07) is 13.2. The van der Waals surface area contributed by atoms with Crippen LogP contribution in [0.1, 0.15) is 36.5 Å². The van der Waals surface area contributed by atoms with Crippen LogP contribution in [0, 0.1) is 6.92 Å². The second-order valence-corrected chi connectivity index (χ2v) is 6.63. The van der Waals surface area contributed by atoms with Gasteiger partial charge in [0, 0.05) is 6.08 Å². The first-order chi connectivity index (χ1) is 13.4. The van der Waals surface area contributed by atoms with Crippen LogP contribution >= 0.6 is 0 Å². The van der Waals surface area contributed by atoms with Crippen LogP contribution in [0.2, 0.25) is 0 Å². The van der Waals surface area contributed by atoms with Gasteiger partial charge < -0.3 is 9.47 Å². The number of nitrogens with one attached hydrogen (secondary N) is 2. The molecule has 2 aromatic carbocycles. The fourth-order valence-electron chi connectivity index (χ4n) is 2.48. The number of aryl methyl sites for hydroxylation is 1. The Balaban J connectivity index is 1.81. The van der Waals surface area contributed by atoms with E-state index >= 15 is 0 Å². The number of hydrogen-bond donors (Lipinski definition) is 2. The van der Waals surface area contributed by atoms with E-state index in [1.165, 1.54) is 6.08 Å². The molecule has 0 spiro atoms. The van der Waals surface area contributed by atoms with Crippen LogP contribution in [0.3, 0.4) is 0 Å². The maximum atomic E-state index is 11.9. The van der Waals surface area contributed by atoms with Gasteiger partial charge in [-0.3, -0.25) is 20.4 Å². The number of benzene rings is 2. The molecule has 0 saturated carbocycles. The number of methoxy groups -OCH3 is 1. The Labute approximate surface area is 165 Å². The average Bonchev–Trinajstić information content (AvgIpc) is 2.69. The zero-order chi connectivity index (χ0) is 20.5. The predicted octanol–water partition coefficient (Wildman–Crippen LogP) is 3.37. The van der Waals surface area contributed by atoms with Gasteiger partial charge >= 0.3 is 0 Å². The molecule has 2 N–H and O–H groups in total. The van der Waals surface area contributed by atoms with Crippen molar-refractivity contribution in [2.75, 3.05) is 13.7 Å². The van der Waals surface area contributed by atoms with Gasteiger partial charge in [0.25, 0.3) is 11.8 Å². The lowest BCUT2D eigenvalue weighted by molar-refractivity contribution is -0.128.